The van der Waals surface area contributed by atoms with Gasteiger partial charge in [-0.3, -0.25) is 0 Å². The number of piperidine rings is 1. The number of carbonyl (C=O) groups is 2. The standard InChI is InChI=1S/C23H26N6O2/c30-22-24-10-13-28(22)14-17-8-11-27(12-9-17)23(31)25-19-6-7-21-26-20(16-29(21)15-19)18-4-2-1-3-5-18/h1-7,15-17H,8-14H2,(H,24,30)(H,25,31). The summed E-state index contributed by atoms with van der Waals surface area (Å²) in [5.74, 6) is 0.451. The van der Waals surface area contributed by atoms with E-state index in [1.807, 2.05) is 69.1 Å². The van der Waals surface area contributed by atoms with Gasteiger partial charge in [-0.15, -0.1) is 0 Å². The number of rotatable bonds is 4. The Morgan fingerprint density at radius 1 is 1.06 bits per heavy atom. The number of pyridine rings is 1. The highest BCUT2D eigenvalue weighted by molar-refractivity contribution is 5.89. The Morgan fingerprint density at radius 3 is 2.61 bits per heavy atom. The van der Waals surface area contributed by atoms with Crippen LogP contribution in [-0.4, -0.2) is 64.0 Å². The molecule has 2 fully saturated rings. The van der Waals surface area contributed by atoms with Crippen LogP contribution >= 0.6 is 0 Å². The summed E-state index contributed by atoms with van der Waals surface area (Å²) in [5.41, 5.74) is 3.54. The molecule has 0 atom stereocenters. The van der Waals surface area contributed by atoms with E-state index in [0.717, 1.165) is 55.1 Å². The molecule has 0 bridgehead atoms. The van der Waals surface area contributed by atoms with Gasteiger partial charge in [0.1, 0.15) is 5.65 Å². The van der Waals surface area contributed by atoms with Crippen molar-refractivity contribution in [2.45, 2.75) is 12.8 Å². The third-order valence-electron chi connectivity index (χ3n) is 6.10. The highest BCUT2D eigenvalue weighted by atomic mass is 16.2. The molecule has 8 nitrogen and oxygen atoms in total. The minimum atomic E-state index is -0.0832. The maximum Gasteiger partial charge on any atom is 0.321 e. The third kappa shape index (κ3) is 4.19. The van der Waals surface area contributed by atoms with Crippen molar-refractivity contribution in [2.24, 2.45) is 5.92 Å². The van der Waals surface area contributed by atoms with Crippen molar-refractivity contribution in [2.75, 3.05) is 38.0 Å². The number of likely N-dealkylation sites (tertiary alicyclic amines) is 1. The van der Waals surface area contributed by atoms with Crippen LogP contribution in [0.5, 0.6) is 0 Å². The monoisotopic (exact) mass is 418 g/mol. The Bertz CT molecular complexity index is 1090. The van der Waals surface area contributed by atoms with E-state index >= 15 is 0 Å². The molecule has 0 saturated carbocycles. The fourth-order valence-electron chi connectivity index (χ4n) is 4.33. The highest BCUT2D eigenvalue weighted by Crippen LogP contribution is 2.22. The number of urea groups is 2. The minimum Gasteiger partial charge on any atom is -0.336 e. The van der Waals surface area contributed by atoms with Gasteiger partial charge in [0.15, 0.2) is 0 Å². The van der Waals surface area contributed by atoms with Gasteiger partial charge in [0.05, 0.1) is 11.4 Å². The van der Waals surface area contributed by atoms with Crippen LogP contribution in [0, 0.1) is 5.92 Å². The fourth-order valence-corrected chi connectivity index (χ4v) is 4.33. The van der Waals surface area contributed by atoms with Crippen molar-refractivity contribution < 1.29 is 9.59 Å². The molecule has 1 aromatic carbocycles. The van der Waals surface area contributed by atoms with E-state index < -0.39 is 0 Å². The first-order valence-corrected chi connectivity index (χ1v) is 10.8. The van der Waals surface area contributed by atoms with Crippen molar-refractivity contribution in [3.05, 3.63) is 54.9 Å². The maximum atomic E-state index is 12.7. The van der Waals surface area contributed by atoms with E-state index in [9.17, 15) is 9.59 Å². The molecular weight excluding hydrogens is 392 g/mol. The molecule has 2 aromatic heterocycles. The lowest BCUT2D eigenvalue weighted by Crippen LogP contribution is -2.43. The second-order valence-corrected chi connectivity index (χ2v) is 8.21. The Labute approximate surface area is 180 Å². The average Bonchev–Trinajstić information content (AvgIpc) is 3.40. The molecule has 4 heterocycles. The summed E-state index contributed by atoms with van der Waals surface area (Å²) >= 11 is 0. The summed E-state index contributed by atoms with van der Waals surface area (Å²) < 4.78 is 1.94. The molecule has 0 aliphatic carbocycles. The SMILES string of the molecule is O=C1NCCN1CC1CCN(C(=O)Nc2ccc3nc(-c4ccccc4)cn3c2)CC1. The first kappa shape index (κ1) is 19.4. The molecule has 4 amide bonds. The van der Waals surface area contributed by atoms with E-state index in [-0.39, 0.29) is 12.1 Å². The molecule has 2 aliphatic heterocycles. The molecular formula is C23H26N6O2. The summed E-state index contributed by atoms with van der Waals surface area (Å²) in [5, 5.41) is 5.85. The lowest BCUT2D eigenvalue weighted by Gasteiger charge is -2.33. The quantitative estimate of drug-likeness (QED) is 0.682. The van der Waals surface area contributed by atoms with Crippen LogP contribution < -0.4 is 10.6 Å². The molecule has 0 unspecified atom stereocenters. The van der Waals surface area contributed by atoms with Crippen molar-refractivity contribution in [3.8, 4) is 11.3 Å². The maximum absolute atomic E-state index is 12.7. The molecule has 8 heteroatoms. The second-order valence-electron chi connectivity index (χ2n) is 8.21. The molecule has 2 N–H and O–H groups in total. The fraction of sp³-hybridized carbons (Fsp3) is 0.348. The number of carbonyl (C=O) groups excluding carboxylic acids is 2. The third-order valence-corrected chi connectivity index (χ3v) is 6.10. The zero-order valence-corrected chi connectivity index (χ0v) is 17.3. The topological polar surface area (TPSA) is 82.0 Å². The normalized spacial score (nSPS) is 17.2. The molecule has 2 saturated heterocycles. The van der Waals surface area contributed by atoms with Crippen LogP contribution in [0.3, 0.4) is 0 Å². The van der Waals surface area contributed by atoms with Gasteiger partial charge in [-0.1, -0.05) is 30.3 Å². The molecule has 31 heavy (non-hydrogen) atoms. The summed E-state index contributed by atoms with van der Waals surface area (Å²) in [6.45, 7) is 3.70. The number of benzene rings is 1. The second kappa shape index (κ2) is 8.29. The average molecular weight is 419 g/mol. The molecule has 2 aliphatic rings. The van der Waals surface area contributed by atoms with Crippen LogP contribution in [0.4, 0.5) is 15.3 Å². The van der Waals surface area contributed by atoms with E-state index in [1.165, 1.54) is 0 Å². The lowest BCUT2D eigenvalue weighted by atomic mass is 9.96. The molecule has 0 radical (unpaired) electrons. The summed E-state index contributed by atoms with van der Waals surface area (Å²) in [4.78, 5) is 32.9. The van der Waals surface area contributed by atoms with Crippen LogP contribution in [0.1, 0.15) is 12.8 Å². The number of nitrogens with one attached hydrogen (secondary N) is 2. The van der Waals surface area contributed by atoms with Gasteiger partial charge < -0.3 is 24.8 Å². The number of nitrogens with zero attached hydrogens (tertiary/aromatic N) is 4. The minimum absolute atomic E-state index is 0.0329. The Balaban J connectivity index is 1.19. The zero-order chi connectivity index (χ0) is 21.2. The summed E-state index contributed by atoms with van der Waals surface area (Å²) in [7, 11) is 0. The van der Waals surface area contributed by atoms with Crippen LogP contribution in [0.15, 0.2) is 54.9 Å². The predicted octanol–water partition coefficient (Wildman–Crippen LogP) is 3.27. The molecule has 160 valence electrons. The Hall–Kier alpha value is -3.55. The van der Waals surface area contributed by atoms with Gasteiger partial charge in [-0.05, 0) is 30.9 Å². The molecule has 5 rings (SSSR count). The lowest BCUT2D eigenvalue weighted by molar-refractivity contribution is 0.163. The number of anilines is 1. The van der Waals surface area contributed by atoms with Crippen LogP contribution in [-0.2, 0) is 0 Å². The number of hydrogen-bond donors (Lipinski definition) is 2. The first-order chi connectivity index (χ1) is 15.2. The highest BCUT2D eigenvalue weighted by Gasteiger charge is 2.27. The van der Waals surface area contributed by atoms with Gasteiger partial charge in [0.25, 0.3) is 0 Å². The number of hydrogen-bond acceptors (Lipinski definition) is 3. The van der Waals surface area contributed by atoms with Crippen molar-refractivity contribution in [1.29, 1.82) is 0 Å². The number of fused-ring (bicyclic) bond motifs is 1. The number of imidazole rings is 1. The van der Waals surface area contributed by atoms with Gasteiger partial charge in [0.2, 0.25) is 0 Å². The smallest absolute Gasteiger partial charge is 0.321 e. The first-order valence-electron chi connectivity index (χ1n) is 10.8. The van der Waals surface area contributed by atoms with Gasteiger partial charge >= 0.3 is 12.1 Å². The van der Waals surface area contributed by atoms with Gasteiger partial charge in [-0.25, -0.2) is 14.6 Å². The van der Waals surface area contributed by atoms with E-state index in [1.54, 1.807) is 0 Å². The van der Waals surface area contributed by atoms with Gasteiger partial charge in [0, 0.05) is 50.7 Å². The van der Waals surface area contributed by atoms with Gasteiger partial charge in [-0.2, -0.15) is 0 Å². The van der Waals surface area contributed by atoms with Crippen LogP contribution in [0.2, 0.25) is 0 Å². The number of aromatic nitrogens is 2. The molecule has 3 aromatic rings. The summed E-state index contributed by atoms with van der Waals surface area (Å²) in [6.07, 6.45) is 5.70. The van der Waals surface area contributed by atoms with Crippen molar-refractivity contribution in [3.63, 3.8) is 0 Å². The van der Waals surface area contributed by atoms with E-state index in [0.29, 0.717) is 19.0 Å². The van der Waals surface area contributed by atoms with Crippen LogP contribution in [0.25, 0.3) is 16.9 Å². The van der Waals surface area contributed by atoms with Crippen molar-refractivity contribution in [1.82, 2.24) is 24.5 Å². The largest absolute Gasteiger partial charge is 0.336 e. The van der Waals surface area contributed by atoms with E-state index in [4.69, 9.17) is 0 Å². The molecule has 0 spiro atoms. The number of amides is 4. The summed E-state index contributed by atoms with van der Waals surface area (Å²) in [6, 6.07) is 13.8. The van der Waals surface area contributed by atoms with Crippen molar-refractivity contribution >= 4 is 23.4 Å². The Kier molecular flexibility index (Phi) is 5.19. The van der Waals surface area contributed by atoms with E-state index in [2.05, 4.69) is 15.6 Å². The Morgan fingerprint density at radius 2 is 1.87 bits per heavy atom. The predicted molar refractivity (Wildman–Crippen MR) is 119 cm³/mol. The zero-order valence-electron chi connectivity index (χ0n) is 17.3.